The van der Waals surface area contributed by atoms with E-state index in [0.717, 1.165) is 19.3 Å². The summed E-state index contributed by atoms with van der Waals surface area (Å²) in [7, 11) is 1.24. The molecule has 39 heavy (non-hydrogen) atoms. The van der Waals surface area contributed by atoms with Crippen LogP contribution < -0.4 is 15.2 Å². The number of hydrogen-bond acceptors (Lipinski definition) is 9. The van der Waals surface area contributed by atoms with Gasteiger partial charge in [-0.1, -0.05) is 59.9 Å². The van der Waals surface area contributed by atoms with Gasteiger partial charge in [-0.25, -0.2) is 0 Å². The number of hydrogen-bond donors (Lipinski definition) is 1. The van der Waals surface area contributed by atoms with Crippen molar-refractivity contribution in [1.29, 1.82) is 0 Å². The van der Waals surface area contributed by atoms with E-state index in [1.807, 2.05) is 20.8 Å². The third kappa shape index (κ3) is 11.4. The van der Waals surface area contributed by atoms with E-state index in [-0.39, 0.29) is 42.1 Å². The summed E-state index contributed by atoms with van der Waals surface area (Å²) in [6.07, 6.45) is 4.19. The van der Waals surface area contributed by atoms with Gasteiger partial charge in [0, 0.05) is 19.3 Å². The lowest BCUT2D eigenvalue weighted by molar-refractivity contribution is -0.155. The molecule has 1 aromatic carbocycles. The predicted molar refractivity (Wildman–Crippen MR) is 148 cm³/mol. The van der Waals surface area contributed by atoms with Crippen LogP contribution in [0.2, 0.25) is 0 Å². The maximum atomic E-state index is 12.8. The van der Waals surface area contributed by atoms with Crippen molar-refractivity contribution in [1.82, 2.24) is 0 Å². The molecule has 1 rings (SSSR count). The van der Waals surface area contributed by atoms with E-state index in [4.69, 9.17) is 24.7 Å². The molecule has 0 spiro atoms. The van der Waals surface area contributed by atoms with E-state index in [2.05, 4.69) is 0 Å². The lowest BCUT2D eigenvalue weighted by Crippen LogP contribution is -2.53. The van der Waals surface area contributed by atoms with Gasteiger partial charge in [-0.2, -0.15) is 0 Å². The van der Waals surface area contributed by atoms with Gasteiger partial charge in [0.2, 0.25) is 0 Å². The molecule has 0 aliphatic carbocycles. The molecule has 0 aromatic heterocycles. The smallest absolute Gasteiger partial charge is 0.326 e. The molecule has 0 bridgehead atoms. The maximum Gasteiger partial charge on any atom is 0.326 e. The summed E-state index contributed by atoms with van der Waals surface area (Å²) in [6, 6.07) is 4.74. The molecular weight excluding hydrogens is 502 g/mol. The van der Waals surface area contributed by atoms with Crippen LogP contribution >= 0.6 is 0 Å². The number of rotatable bonds is 17. The largest absolute Gasteiger partial charge is 0.468 e. The zero-order valence-electron chi connectivity index (χ0n) is 24.7. The SMILES string of the molecule is CCCCC(=O)O[C@@H](C)CC(N)(Cc1ccc(OC(=O)C(C)CCC)c(OC(=O)C(C)CCC)c1)C(=O)OC. The van der Waals surface area contributed by atoms with Crippen LogP contribution in [0.4, 0.5) is 0 Å². The molecule has 9 nitrogen and oxygen atoms in total. The highest BCUT2D eigenvalue weighted by Gasteiger charge is 2.38. The lowest BCUT2D eigenvalue weighted by Gasteiger charge is -2.29. The highest BCUT2D eigenvalue weighted by atomic mass is 16.6. The molecule has 0 heterocycles. The van der Waals surface area contributed by atoms with Gasteiger partial charge >= 0.3 is 23.9 Å². The molecule has 3 unspecified atom stereocenters. The molecule has 0 amide bonds. The minimum atomic E-state index is -1.52. The average molecular weight is 550 g/mol. The predicted octanol–water partition coefficient (Wildman–Crippen LogP) is 5.29. The number of benzene rings is 1. The van der Waals surface area contributed by atoms with Crippen LogP contribution in [0.15, 0.2) is 18.2 Å². The first-order valence-corrected chi connectivity index (χ1v) is 14.0. The molecule has 0 saturated carbocycles. The molecule has 220 valence electrons. The average Bonchev–Trinajstić information content (AvgIpc) is 2.88. The van der Waals surface area contributed by atoms with Gasteiger partial charge in [0.25, 0.3) is 0 Å². The Labute approximate surface area is 233 Å². The summed E-state index contributed by atoms with van der Waals surface area (Å²) in [6.45, 7) is 11.2. The van der Waals surface area contributed by atoms with Crippen LogP contribution in [0.5, 0.6) is 11.5 Å². The fourth-order valence-electron chi connectivity index (χ4n) is 4.30. The first-order chi connectivity index (χ1) is 18.4. The van der Waals surface area contributed by atoms with Gasteiger partial charge in [0.1, 0.15) is 11.6 Å². The van der Waals surface area contributed by atoms with E-state index < -0.39 is 29.6 Å². The van der Waals surface area contributed by atoms with Gasteiger partial charge in [0.05, 0.1) is 18.9 Å². The first kappa shape index (κ1) is 34.1. The zero-order chi connectivity index (χ0) is 29.6. The van der Waals surface area contributed by atoms with Crippen LogP contribution in [0.25, 0.3) is 0 Å². The summed E-state index contributed by atoms with van der Waals surface area (Å²) in [5.74, 6) is -2.39. The monoisotopic (exact) mass is 549 g/mol. The quantitative estimate of drug-likeness (QED) is 0.203. The maximum absolute atomic E-state index is 12.8. The third-order valence-corrected chi connectivity index (χ3v) is 6.51. The van der Waals surface area contributed by atoms with Crippen LogP contribution in [0, 0.1) is 11.8 Å². The molecule has 0 aliphatic heterocycles. The van der Waals surface area contributed by atoms with Crippen molar-refractivity contribution in [3.8, 4) is 11.5 Å². The van der Waals surface area contributed by atoms with E-state index in [1.54, 1.807) is 32.9 Å². The second-order valence-electron chi connectivity index (χ2n) is 10.4. The molecule has 0 aliphatic rings. The van der Waals surface area contributed by atoms with Gasteiger partial charge < -0.3 is 24.7 Å². The number of methoxy groups -OCH3 is 1. The third-order valence-electron chi connectivity index (χ3n) is 6.51. The van der Waals surface area contributed by atoms with Gasteiger partial charge in [-0.15, -0.1) is 0 Å². The Kier molecular flexibility index (Phi) is 14.8. The topological polar surface area (TPSA) is 131 Å². The summed E-state index contributed by atoms with van der Waals surface area (Å²) in [5, 5.41) is 0. The van der Waals surface area contributed by atoms with Crippen molar-refractivity contribution in [2.24, 2.45) is 17.6 Å². The minimum absolute atomic E-state index is 0.00600. The van der Waals surface area contributed by atoms with E-state index in [0.29, 0.717) is 31.2 Å². The Morgan fingerprint density at radius 2 is 1.44 bits per heavy atom. The molecular formula is C30H47NO8. The number of carbonyl (C=O) groups excluding carboxylic acids is 4. The molecule has 0 fully saturated rings. The second kappa shape index (κ2) is 16.9. The fourth-order valence-corrected chi connectivity index (χ4v) is 4.30. The van der Waals surface area contributed by atoms with Crippen molar-refractivity contribution in [3.05, 3.63) is 23.8 Å². The van der Waals surface area contributed by atoms with Crippen LogP contribution in [-0.4, -0.2) is 42.6 Å². The van der Waals surface area contributed by atoms with Crippen LogP contribution in [0.1, 0.15) is 98.5 Å². The van der Waals surface area contributed by atoms with Crippen LogP contribution in [-0.2, 0) is 35.1 Å². The molecule has 1 aromatic rings. The highest BCUT2D eigenvalue weighted by molar-refractivity contribution is 5.81. The number of ether oxygens (including phenoxy) is 4. The number of nitrogens with two attached hydrogens (primary N) is 1. The highest BCUT2D eigenvalue weighted by Crippen LogP contribution is 2.32. The van der Waals surface area contributed by atoms with Gasteiger partial charge in [-0.3, -0.25) is 19.2 Å². The standard InChI is InChI=1S/C30H47NO8/c1-8-11-14-26(32)37-22(6)18-30(31,29(35)36-7)19-23-15-16-24(38-27(33)20(4)12-9-2)25(17-23)39-28(34)21(5)13-10-3/h15-17,20-22H,8-14,18-19,31H2,1-7H3/t20?,21?,22-,30?/m0/s1. The number of unbranched alkanes of at least 4 members (excludes halogenated alkanes) is 1. The van der Waals surface area contributed by atoms with Crippen molar-refractivity contribution in [2.75, 3.05) is 7.11 Å². The summed E-state index contributed by atoms with van der Waals surface area (Å²) >= 11 is 0. The molecule has 0 radical (unpaired) electrons. The summed E-state index contributed by atoms with van der Waals surface area (Å²) in [5.41, 5.74) is 5.56. The summed E-state index contributed by atoms with van der Waals surface area (Å²) in [4.78, 5) is 50.2. The van der Waals surface area contributed by atoms with Crippen molar-refractivity contribution >= 4 is 23.9 Å². The minimum Gasteiger partial charge on any atom is -0.468 e. The fraction of sp³-hybridized carbons (Fsp3) is 0.667. The summed E-state index contributed by atoms with van der Waals surface area (Å²) < 4.78 is 21.7. The molecule has 4 atom stereocenters. The molecule has 0 saturated heterocycles. The number of carbonyl (C=O) groups is 4. The second-order valence-corrected chi connectivity index (χ2v) is 10.4. The van der Waals surface area contributed by atoms with Gasteiger partial charge in [-0.05, 0) is 43.9 Å². The number of esters is 4. The Balaban J connectivity index is 3.28. The lowest BCUT2D eigenvalue weighted by atomic mass is 9.86. The van der Waals surface area contributed by atoms with E-state index in [1.165, 1.54) is 13.2 Å². The van der Waals surface area contributed by atoms with Crippen molar-refractivity contribution < 1.29 is 38.1 Å². The van der Waals surface area contributed by atoms with Crippen molar-refractivity contribution in [2.45, 2.75) is 111 Å². The zero-order valence-corrected chi connectivity index (χ0v) is 24.7. The first-order valence-electron chi connectivity index (χ1n) is 14.0. The van der Waals surface area contributed by atoms with Gasteiger partial charge in [0.15, 0.2) is 11.5 Å². The Morgan fingerprint density at radius 1 is 0.872 bits per heavy atom. The van der Waals surface area contributed by atoms with Crippen molar-refractivity contribution in [3.63, 3.8) is 0 Å². The molecule has 9 heteroatoms. The Morgan fingerprint density at radius 3 is 1.95 bits per heavy atom. The Hall–Kier alpha value is -2.94. The normalized spacial score (nSPS) is 14.9. The Bertz CT molecular complexity index is 962. The van der Waals surface area contributed by atoms with Crippen LogP contribution in [0.3, 0.4) is 0 Å². The molecule has 2 N–H and O–H groups in total. The van der Waals surface area contributed by atoms with E-state index in [9.17, 15) is 19.2 Å². The van der Waals surface area contributed by atoms with E-state index >= 15 is 0 Å².